The molecule has 3 amide bonds. The van der Waals surface area contributed by atoms with Crippen LogP contribution in [-0.2, 0) is 12.8 Å². The van der Waals surface area contributed by atoms with Gasteiger partial charge < -0.3 is 11.5 Å². The third-order valence-electron chi connectivity index (χ3n) is 3.00. The molecule has 1 aromatic rings. The molecule has 1 aliphatic rings. The first-order valence-corrected chi connectivity index (χ1v) is 6.31. The minimum Gasteiger partial charge on any atom is -0.390 e. The predicted molar refractivity (Wildman–Crippen MR) is 67.0 cm³/mol. The van der Waals surface area contributed by atoms with Gasteiger partial charge in [-0.2, -0.15) is 0 Å². The minimum absolute atomic E-state index is 0.440. The van der Waals surface area contributed by atoms with Crippen LogP contribution in [0.4, 0.5) is 9.80 Å². The summed E-state index contributed by atoms with van der Waals surface area (Å²) in [7, 11) is 0. The third-order valence-corrected chi connectivity index (χ3v) is 4.09. The van der Waals surface area contributed by atoms with Crippen LogP contribution in [0.3, 0.4) is 0 Å². The standard InChI is InChI=1S/C11H15N3O2S/c1-5-2-3-6-7(4-5)17-9(12)8(6)10(15)14-11(13)16/h5H,2-4,12H2,1H3,(H3,13,14,15,16)/t5-/m0/s1. The number of fused-ring (bicyclic) bond motifs is 1. The van der Waals surface area contributed by atoms with Crippen LogP contribution in [0.1, 0.15) is 34.1 Å². The molecule has 0 aromatic carbocycles. The Kier molecular flexibility index (Phi) is 3.06. The molecule has 1 heterocycles. The number of nitrogens with one attached hydrogen (secondary N) is 1. The fraction of sp³-hybridized carbons (Fsp3) is 0.455. The van der Waals surface area contributed by atoms with E-state index in [2.05, 4.69) is 12.2 Å². The van der Waals surface area contributed by atoms with E-state index in [9.17, 15) is 9.59 Å². The molecule has 6 heteroatoms. The third kappa shape index (κ3) is 2.26. The van der Waals surface area contributed by atoms with E-state index in [0.717, 1.165) is 29.7 Å². The van der Waals surface area contributed by atoms with Crippen LogP contribution in [-0.4, -0.2) is 11.9 Å². The second-order valence-corrected chi connectivity index (χ2v) is 5.55. The highest BCUT2D eigenvalue weighted by Crippen LogP contribution is 2.37. The zero-order valence-corrected chi connectivity index (χ0v) is 10.4. The van der Waals surface area contributed by atoms with E-state index in [1.54, 1.807) is 0 Å². The molecule has 0 fully saturated rings. The molecule has 0 saturated carbocycles. The summed E-state index contributed by atoms with van der Waals surface area (Å²) in [6.45, 7) is 2.18. The van der Waals surface area contributed by atoms with Gasteiger partial charge in [0.05, 0.1) is 10.6 Å². The van der Waals surface area contributed by atoms with Crippen molar-refractivity contribution < 1.29 is 9.59 Å². The Morgan fingerprint density at radius 3 is 2.82 bits per heavy atom. The van der Waals surface area contributed by atoms with Crippen LogP contribution in [0.2, 0.25) is 0 Å². The minimum atomic E-state index is -0.849. The number of carbonyl (C=O) groups excluding carboxylic acids is 2. The van der Waals surface area contributed by atoms with Crippen LogP contribution in [0.5, 0.6) is 0 Å². The molecule has 17 heavy (non-hydrogen) atoms. The highest BCUT2D eigenvalue weighted by Gasteiger charge is 2.26. The molecule has 0 radical (unpaired) electrons. The Bertz CT molecular complexity index is 481. The molecule has 0 spiro atoms. The van der Waals surface area contributed by atoms with Crippen molar-refractivity contribution in [2.45, 2.75) is 26.2 Å². The number of nitrogens with two attached hydrogens (primary N) is 2. The summed E-state index contributed by atoms with van der Waals surface area (Å²) >= 11 is 1.44. The molecule has 0 saturated heterocycles. The van der Waals surface area contributed by atoms with Crippen LogP contribution in [0, 0.1) is 5.92 Å². The van der Waals surface area contributed by atoms with Crippen LogP contribution < -0.4 is 16.8 Å². The molecule has 5 N–H and O–H groups in total. The van der Waals surface area contributed by atoms with Crippen molar-refractivity contribution in [3.8, 4) is 0 Å². The molecule has 1 aliphatic carbocycles. The van der Waals surface area contributed by atoms with E-state index in [-0.39, 0.29) is 0 Å². The summed E-state index contributed by atoms with van der Waals surface area (Å²) in [5.41, 5.74) is 12.2. The number of rotatable bonds is 1. The van der Waals surface area contributed by atoms with Gasteiger partial charge in [0, 0.05) is 4.88 Å². The van der Waals surface area contributed by atoms with Gasteiger partial charge >= 0.3 is 6.03 Å². The van der Waals surface area contributed by atoms with Gasteiger partial charge in [-0.1, -0.05) is 6.92 Å². The largest absolute Gasteiger partial charge is 0.390 e. The van der Waals surface area contributed by atoms with Gasteiger partial charge in [-0.3, -0.25) is 10.1 Å². The number of anilines is 1. The lowest BCUT2D eigenvalue weighted by atomic mass is 9.88. The van der Waals surface area contributed by atoms with Crippen molar-refractivity contribution in [1.29, 1.82) is 0 Å². The summed E-state index contributed by atoms with van der Waals surface area (Å²) in [5.74, 6) is 0.134. The molecule has 5 nitrogen and oxygen atoms in total. The lowest BCUT2D eigenvalue weighted by molar-refractivity contribution is 0.0966. The molecule has 0 unspecified atom stereocenters. The molecule has 0 aliphatic heterocycles. The van der Waals surface area contributed by atoms with Crippen LogP contribution >= 0.6 is 11.3 Å². The van der Waals surface area contributed by atoms with Crippen molar-refractivity contribution in [2.75, 3.05) is 5.73 Å². The fourth-order valence-electron chi connectivity index (χ4n) is 2.20. The Morgan fingerprint density at radius 1 is 1.47 bits per heavy atom. The van der Waals surface area contributed by atoms with Gasteiger partial charge in [0.2, 0.25) is 0 Å². The van der Waals surface area contributed by atoms with E-state index in [1.165, 1.54) is 11.3 Å². The summed E-state index contributed by atoms with van der Waals surface area (Å²) in [5, 5.41) is 2.55. The summed E-state index contributed by atoms with van der Waals surface area (Å²) < 4.78 is 0. The molecule has 92 valence electrons. The van der Waals surface area contributed by atoms with E-state index >= 15 is 0 Å². The predicted octanol–water partition coefficient (Wildman–Crippen LogP) is 1.26. The summed E-state index contributed by atoms with van der Waals surface area (Å²) in [4.78, 5) is 23.7. The maximum absolute atomic E-state index is 11.8. The topological polar surface area (TPSA) is 98.2 Å². The zero-order valence-electron chi connectivity index (χ0n) is 9.58. The molecule has 2 rings (SSSR count). The molecular formula is C11H15N3O2S. The maximum Gasteiger partial charge on any atom is 0.319 e. The highest BCUT2D eigenvalue weighted by molar-refractivity contribution is 7.16. The Hall–Kier alpha value is -1.56. The first-order valence-electron chi connectivity index (χ1n) is 5.49. The van der Waals surface area contributed by atoms with E-state index in [0.29, 0.717) is 16.5 Å². The van der Waals surface area contributed by atoms with Crippen molar-refractivity contribution >= 4 is 28.3 Å². The number of primary amides is 1. The second-order valence-electron chi connectivity index (χ2n) is 4.41. The molecular weight excluding hydrogens is 238 g/mol. The first-order chi connectivity index (χ1) is 7.99. The quantitative estimate of drug-likeness (QED) is 0.702. The first kappa shape index (κ1) is 11.9. The molecule has 1 aromatic heterocycles. The number of urea groups is 1. The van der Waals surface area contributed by atoms with E-state index in [1.807, 2.05) is 0 Å². The van der Waals surface area contributed by atoms with Gasteiger partial charge in [0.15, 0.2) is 0 Å². The van der Waals surface area contributed by atoms with E-state index in [4.69, 9.17) is 11.5 Å². The van der Waals surface area contributed by atoms with E-state index < -0.39 is 11.9 Å². The average Bonchev–Trinajstić information content (AvgIpc) is 2.51. The van der Waals surface area contributed by atoms with Gasteiger partial charge in [-0.05, 0) is 30.7 Å². The Labute approximate surface area is 103 Å². The summed E-state index contributed by atoms with van der Waals surface area (Å²) in [6, 6.07) is -0.849. The van der Waals surface area contributed by atoms with Gasteiger partial charge in [-0.25, -0.2) is 4.79 Å². The lowest BCUT2D eigenvalue weighted by Gasteiger charge is -2.18. The monoisotopic (exact) mass is 253 g/mol. The SMILES string of the molecule is C[C@H]1CCc2c(sc(N)c2C(=O)NC(N)=O)C1. The van der Waals surface area contributed by atoms with Crippen molar-refractivity contribution in [2.24, 2.45) is 11.7 Å². The van der Waals surface area contributed by atoms with Crippen molar-refractivity contribution in [3.05, 3.63) is 16.0 Å². The Morgan fingerprint density at radius 2 is 2.18 bits per heavy atom. The lowest BCUT2D eigenvalue weighted by Crippen LogP contribution is -2.35. The van der Waals surface area contributed by atoms with Gasteiger partial charge in [-0.15, -0.1) is 11.3 Å². The summed E-state index contributed by atoms with van der Waals surface area (Å²) in [6.07, 6.45) is 2.83. The van der Waals surface area contributed by atoms with Gasteiger partial charge in [0.25, 0.3) is 5.91 Å². The number of imide groups is 1. The maximum atomic E-state index is 11.8. The smallest absolute Gasteiger partial charge is 0.319 e. The zero-order chi connectivity index (χ0) is 12.6. The number of hydrogen-bond acceptors (Lipinski definition) is 4. The number of thiophene rings is 1. The van der Waals surface area contributed by atoms with Crippen molar-refractivity contribution in [1.82, 2.24) is 5.32 Å². The number of nitrogen functional groups attached to an aromatic ring is 1. The van der Waals surface area contributed by atoms with Crippen LogP contribution in [0.15, 0.2) is 0 Å². The number of hydrogen-bond donors (Lipinski definition) is 3. The fourth-order valence-corrected chi connectivity index (χ4v) is 3.47. The highest BCUT2D eigenvalue weighted by atomic mass is 32.1. The normalized spacial score (nSPS) is 18.5. The average molecular weight is 253 g/mol. The van der Waals surface area contributed by atoms with Crippen molar-refractivity contribution in [3.63, 3.8) is 0 Å². The van der Waals surface area contributed by atoms with Gasteiger partial charge in [0.1, 0.15) is 0 Å². The number of amides is 3. The molecule has 1 atom stereocenters. The molecule has 0 bridgehead atoms. The second kappa shape index (κ2) is 4.37. The number of carbonyl (C=O) groups is 2. The van der Waals surface area contributed by atoms with Crippen LogP contribution in [0.25, 0.3) is 0 Å². The Balaban J connectivity index is 2.35.